The van der Waals surface area contributed by atoms with Gasteiger partial charge in [-0.3, -0.25) is 19.1 Å². The summed E-state index contributed by atoms with van der Waals surface area (Å²) in [5, 5.41) is 22.0. The zero-order valence-electron chi connectivity index (χ0n) is 20.2. The largest absolute Gasteiger partial charge is 0.480 e. The summed E-state index contributed by atoms with van der Waals surface area (Å²) in [6.07, 6.45) is 3.59. The number of aromatic nitrogens is 3. The van der Waals surface area contributed by atoms with Crippen molar-refractivity contribution >= 4 is 40.5 Å². The molecule has 0 radical (unpaired) electrons. The van der Waals surface area contributed by atoms with Crippen LogP contribution in [0.3, 0.4) is 0 Å². The Morgan fingerprint density at radius 3 is 2.64 bits per heavy atom. The molecule has 0 spiro atoms. The Morgan fingerprint density at radius 2 is 1.94 bits per heavy atom. The van der Waals surface area contributed by atoms with Crippen molar-refractivity contribution < 1.29 is 14.7 Å². The number of aliphatic carboxylic acids is 1. The molecule has 1 aliphatic heterocycles. The van der Waals surface area contributed by atoms with Crippen LogP contribution in [0.15, 0.2) is 41.4 Å². The molecule has 11 heteroatoms. The van der Waals surface area contributed by atoms with Gasteiger partial charge >= 0.3 is 5.97 Å². The van der Waals surface area contributed by atoms with Gasteiger partial charge in [0.15, 0.2) is 5.82 Å². The molecule has 36 heavy (non-hydrogen) atoms. The third-order valence-corrected chi connectivity index (χ3v) is 7.47. The number of benzene rings is 1. The highest BCUT2D eigenvalue weighted by atomic mass is 35.5. The molecule has 3 aromatic rings. The van der Waals surface area contributed by atoms with Gasteiger partial charge in [-0.2, -0.15) is 0 Å². The Kier molecular flexibility index (Phi) is 7.67. The number of carboxylic acid groups (broad SMARTS) is 1. The van der Waals surface area contributed by atoms with E-state index in [0.29, 0.717) is 10.8 Å². The zero-order valence-corrected chi connectivity index (χ0v) is 21.7. The Hall–Kier alpha value is -3.34. The molecule has 4 N–H and O–H groups in total. The summed E-state index contributed by atoms with van der Waals surface area (Å²) in [6.45, 7) is 6.30. The van der Waals surface area contributed by atoms with E-state index >= 15 is 0 Å². The monoisotopic (exact) mass is 526 g/mol. The van der Waals surface area contributed by atoms with Crippen LogP contribution in [0.4, 0.5) is 0 Å². The molecule has 9 nitrogen and oxygen atoms in total. The summed E-state index contributed by atoms with van der Waals surface area (Å²) in [7, 11) is 0. The van der Waals surface area contributed by atoms with E-state index in [-0.39, 0.29) is 25.3 Å². The third kappa shape index (κ3) is 5.25. The van der Waals surface area contributed by atoms with Gasteiger partial charge in [0.25, 0.3) is 0 Å². The Morgan fingerprint density at radius 1 is 1.22 bits per heavy atom. The minimum atomic E-state index is -1.07. The van der Waals surface area contributed by atoms with Crippen molar-refractivity contribution in [2.45, 2.75) is 45.7 Å². The molecule has 4 rings (SSSR count). The maximum Gasteiger partial charge on any atom is 0.320 e. The molecular weight excluding hydrogens is 500 g/mol. The molecule has 0 saturated heterocycles. The van der Waals surface area contributed by atoms with Crippen LogP contribution < -0.4 is 11.1 Å². The normalized spacial score (nSPS) is 15.7. The molecule has 0 saturated carbocycles. The molecule has 188 valence electrons. The van der Waals surface area contributed by atoms with Crippen LogP contribution in [0.5, 0.6) is 0 Å². The summed E-state index contributed by atoms with van der Waals surface area (Å²) < 4.78 is 2.00. The van der Waals surface area contributed by atoms with Crippen molar-refractivity contribution in [2.24, 2.45) is 10.7 Å². The van der Waals surface area contributed by atoms with Crippen molar-refractivity contribution in [1.29, 1.82) is 0 Å². The van der Waals surface area contributed by atoms with Crippen LogP contribution in [0.25, 0.3) is 5.00 Å². The third-order valence-electron chi connectivity index (χ3n) is 6.03. The summed E-state index contributed by atoms with van der Waals surface area (Å²) in [5.74, 6) is 0.0572. The van der Waals surface area contributed by atoms with Crippen LogP contribution >= 0.6 is 22.9 Å². The smallest absolute Gasteiger partial charge is 0.320 e. The molecule has 3 heterocycles. The summed E-state index contributed by atoms with van der Waals surface area (Å²) in [6, 6.07) is 6.00. The number of thiophene rings is 1. The number of carbonyl (C=O) groups excluding carboxylic acids is 1. The minimum absolute atomic E-state index is 0.0741. The topological polar surface area (TPSA) is 135 Å². The predicted octanol–water partition coefficient (Wildman–Crippen LogP) is 3.66. The first-order valence-corrected chi connectivity index (χ1v) is 12.6. The van der Waals surface area contributed by atoms with Crippen LogP contribution in [0.1, 0.15) is 52.1 Å². The number of aliphatic imine (C=N–C) groups is 1. The number of nitrogens with one attached hydrogen (secondary N) is 1. The highest BCUT2D eigenvalue weighted by Crippen LogP contribution is 2.39. The molecule has 1 aromatic carbocycles. The van der Waals surface area contributed by atoms with Gasteiger partial charge in [-0.1, -0.05) is 35.9 Å². The predicted molar refractivity (Wildman–Crippen MR) is 140 cm³/mol. The van der Waals surface area contributed by atoms with E-state index < -0.39 is 18.1 Å². The number of amides is 1. The van der Waals surface area contributed by atoms with E-state index in [9.17, 15) is 9.59 Å². The molecule has 1 unspecified atom stereocenters. The lowest BCUT2D eigenvalue weighted by molar-refractivity contribution is -0.138. The van der Waals surface area contributed by atoms with Gasteiger partial charge in [0, 0.05) is 27.6 Å². The van der Waals surface area contributed by atoms with Gasteiger partial charge in [-0.25, -0.2) is 0 Å². The molecule has 0 fully saturated rings. The fraction of sp³-hybridized carbons (Fsp3) is 0.320. The second kappa shape index (κ2) is 10.7. The molecule has 2 atom stereocenters. The lowest BCUT2D eigenvalue weighted by Gasteiger charge is -2.12. The first-order chi connectivity index (χ1) is 17.2. The number of hydrogen-bond acceptors (Lipinski definition) is 7. The molecule has 2 aromatic heterocycles. The standard InChI is InChI=1S/C25H27ClN6O3S/c1-13-14(2)36-24-21(13)22(16-7-9-17(26)10-8-16)29-19(23-31-30-15(3)32(23)24)12-20(33)28-11-5-4-6-18(27)25(34)35/h4-5,7-10,18-19H,6,11-12,27H2,1-3H3,(H,28,33)(H,34,35)/b5-4+/t18?,19-/m0/s1. The number of carbonyl (C=O) groups is 2. The van der Waals surface area contributed by atoms with E-state index in [1.165, 1.54) is 4.88 Å². The summed E-state index contributed by atoms with van der Waals surface area (Å²) in [4.78, 5) is 29.9. The number of carboxylic acids is 1. The highest BCUT2D eigenvalue weighted by Gasteiger charge is 2.32. The van der Waals surface area contributed by atoms with Crippen molar-refractivity contribution in [1.82, 2.24) is 20.1 Å². The van der Waals surface area contributed by atoms with Crippen molar-refractivity contribution in [2.75, 3.05) is 6.54 Å². The number of hydrogen-bond donors (Lipinski definition) is 3. The molecule has 0 aliphatic carbocycles. The lowest BCUT2D eigenvalue weighted by atomic mass is 9.99. The molecular formula is C25H27ClN6O3S. The van der Waals surface area contributed by atoms with E-state index in [1.807, 2.05) is 35.8 Å². The molecule has 1 amide bonds. The fourth-order valence-corrected chi connectivity index (χ4v) is 5.32. The highest BCUT2D eigenvalue weighted by molar-refractivity contribution is 7.15. The van der Waals surface area contributed by atoms with Gasteiger partial charge < -0.3 is 16.2 Å². The molecule has 1 aliphatic rings. The number of fused-ring (bicyclic) bond motifs is 3. The first kappa shape index (κ1) is 25.7. The number of halogens is 1. The van der Waals surface area contributed by atoms with Crippen molar-refractivity contribution in [3.05, 3.63) is 74.7 Å². The van der Waals surface area contributed by atoms with Gasteiger partial charge in [-0.05, 0) is 44.9 Å². The lowest BCUT2D eigenvalue weighted by Crippen LogP contribution is -2.29. The number of rotatable bonds is 8. The van der Waals surface area contributed by atoms with E-state index in [4.69, 9.17) is 27.4 Å². The van der Waals surface area contributed by atoms with Crippen LogP contribution in [-0.4, -0.2) is 50.0 Å². The average Bonchev–Trinajstić information content (AvgIpc) is 3.31. The SMILES string of the molecule is Cc1sc2c(c1C)C(c1ccc(Cl)cc1)=N[C@@H](CC(=O)NC/C=C/CC(N)C(=O)O)c1nnc(C)n1-2. The number of aryl methyl sites for hydroxylation is 2. The summed E-state index contributed by atoms with van der Waals surface area (Å²) >= 11 is 7.79. The van der Waals surface area contributed by atoms with Gasteiger partial charge in [0.05, 0.1) is 12.1 Å². The molecule has 0 bridgehead atoms. The zero-order chi connectivity index (χ0) is 26.0. The Balaban J connectivity index is 1.65. The van der Waals surface area contributed by atoms with Gasteiger partial charge in [0.1, 0.15) is 22.9 Å². The maximum atomic E-state index is 12.9. The van der Waals surface area contributed by atoms with Crippen LogP contribution in [0.2, 0.25) is 5.02 Å². The second-order valence-corrected chi connectivity index (χ2v) is 10.2. The van der Waals surface area contributed by atoms with Gasteiger partial charge in [-0.15, -0.1) is 21.5 Å². The Labute approximate surface area is 217 Å². The Bertz CT molecular complexity index is 1360. The first-order valence-electron chi connectivity index (χ1n) is 11.4. The van der Waals surface area contributed by atoms with E-state index in [2.05, 4.69) is 29.4 Å². The van der Waals surface area contributed by atoms with Crippen LogP contribution in [-0.2, 0) is 9.59 Å². The average molecular weight is 527 g/mol. The number of nitrogens with two attached hydrogens (primary N) is 1. The van der Waals surface area contributed by atoms with Crippen LogP contribution in [0, 0.1) is 20.8 Å². The number of nitrogens with zero attached hydrogens (tertiary/aromatic N) is 4. The van der Waals surface area contributed by atoms with Gasteiger partial charge in [0.2, 0.25) is 5.91 Å². The summed E-state index contributed by atoms with van der Waals surface area (Å²) in [5.41, 5.74) is 9.30. The quantitative estimate of drug-likeness (QED) is 0.383. The minimum Gasteiger partial charge on any atom is -0.480 e. The van der Waals surface area contributed by atoms with E-state index in [1.54, 1.807) is 23.5 Å². The van der Waals surface area contributed by atoms with Crippen molar-refractivity contribution in [3.63, 3.8) is 0 Å². The van der Waals surface area contributed by atoms with E-state index in [0.717, 1.165) is 33.2 Å². The maximum absolute atomic E-state index is 12.9. The fourth-order valence-electron chi connectivity index (χ4n) is 3.98. The second-order valence-electron chi connectivity index (χ2n) is 8.56. The van der Waals surface area contributed by atoms with Crippen molar-refractivity contribution in [3.8, 4) is 5.00 Å².